The quantitative estimate of drug-likeness (QED) is 0.355. The van der Waals surface area contributed by atoms with Crippen LogP contribution in [0.15, 0.2) is 34.0 Å². The Bertz CT molecular complexity index is 1380. The smallest absolute Gasteiger partial charge is 0.416 e. The Kier molecular flexibility index (Phi) is 8.06. The largest absolute Gasteiger partial charge is 0.463 e. The van der Waals surface area contributed by atoms with Crippen LogP contribution >= 0.6 is 0 Å². The molecule has 3 atom stereocenters. The number of hydrogen-bond acceptors (Lipinski definition) is 7. The Morgan fingerprint density at radius 1 is 1.03 bits per heavy atom. The zero-order valence-corrected chi connectivity index (χ0v) is 19.5. The monoisotopic (exact) mass is 548 g/mol. The van der Waals surface area contributed by atoms with Crippen LogP contribution in [0.5, 0.6) is 0 Å². The molecule has 1 fully saturated rings. The summed E-state index contributed by atoms with van der Waals surface area (Å²) < 4.78 is 95.1. The molecule has 0 unspecified atom stereocenters. The van der Waals surface area contributed by atoms with Crippen LogP contribution in [0.4, 0.5) is 26.3 Å². The molecule has 0 saturated carbocycles. The molecule has 1 aromatic carbocycles. The number of ether oxygens (including phenoxy) is 3. The summed E-state index contributed by atoms with van der Waals surface area (Å²) in [5.74, 6) is 2.92. The molecule has 0 radical (unpaired) electrons. The van der Waals surface area contributed by atoms with Gasteiger partial charge in [-0.25, -0.2) is 4.79 Å². The summed E-state index contributed by atoms with van der Waals surface area (Å²) in [6.45, 7) is 1.92. The van der Waals surface area contributed by atoms with E-state index in [1.165, 1.54) is 0 Å². The second-order valence-electron chi connectivity index (χ2n) is 8.07. The first-order chi connectivity index (χ1) is 17.5. The lowest BCUT2D eigenvalue weighted by Gasteiger charge is -2.17. The normalized spacial score (nSPS) is 19.4. The number of esters is 2. The first kappa shape index (κ1) is 28.5. The summed E-state index contributed by atoms with van der Waals surface area (Å²) in [6, 6.07) is 0.701. The van der Waals surface area contributed by atoms with Crippen molar-refractivity contribution in [3.05, 3.63) is 67.5 Å². The lowest BCUT2D eigenvalue weighted by atomic mass is 10.0. The molecule has 38 heavy (non-hydrogen) atoms. The maximum atomic E-state index is 13.1. The van der Waals surface area contributed by atoms with Crippen molar-refractivity contribution in [3.63, 3.8) is 0 Å². The number of nitrogens with one attached hydrogen (secondary N) is 1. The van der Waals surface area contributed by atoms with Crippen molar-refractivity contribution in [1.82, 2.24) is 9.55 Å². The minimum atomic E-state index is -5.09. The Balaban J connectivity index is 1.98. The van der Waals surface area contributed by atoms with Crippen molar-refractivity contribution in [3.8, 4) is 11.8 Å². The van der Waals surface area contributed by atoms with Crippen molar-refractivity contribution in [2.24, 2.45) is 0 Å². The average molecular weight is 548 g/mol. The fourth-order valence-electron chi connectivity index (χ4n) is 3.51. The van der Waals surface area contributed by atoms with Crippen LogP contribution in [0.25, 0.3) is 0 Å². The summed E-state index contributed by atoms with van der Waals surface area (Å²) in [7, 11) is 0. The summed E-state index contributed by atoms with van der Waals surface area (Å²) in [5, 5.41) is 0. The zero-order chi connectivity index (χ0) is 28.4. The Labute approximate surface area is 209 Å². The van der Waals surface area contributed by atoms with Crippen molar-refractivity contribution < 1.29 is 50.1 Å². The number of alkyl halides is 6. The van der Waals surface area contributed by atoms with Crippen LogP contribution in [-0.4, -0.2) is 40.3 Å². The fraction of sp³-hybridized carbons (Fsp3) is 0.391. The minimum absolute atomic E-state index is 0.0681. The summed E-state index contributed by atoms with van der Waals surface area (Å²) in [6.07, 6.45) is -12.5. The van der Waals surface area contributed by atoms with Gasteiger partial charge in [0.2, 0.25) is 0 Å². The van der Waals surface area contributed by atoms with E-state index in [0.717, 1.165) is 24.6 Å². The molecule has 1 saturated heterocycles. The fourth-order valence-corrected chi connectivity index (χ4v) is 3.51. The van der Waals surface area contributed by atoms with Gasteiger partial charge < -0.3 is 14.2 Å². The highest BCUT2D eigenvalue weighted by molar-refractivity contribution is 5.66. The number of H-pyrrole nitrogens is 1. The van der Waals surface area contributed by atoms with Gasteiger partial charge in [0.05, 0.1) is 11.1 Å². The van der Waals surface area contributed by atoms with Gasteiger partial charge in [-0.05, 0) is 18.2 Å². The average Bonchev–Trinajstić information content (AvgIpc) is 3.17. The SMILES string of the molecule is CC(=O)OC[C@H]1O[C@@H](n2cc(C#Cc3cc(C(F)(F)F)cc(C(F)(F)F)c3)c(=O)[nH]c2=O)C[C@@H]1OC(C)=O. The lowest BCUT2D eigenvalue weighted by Crippen LogP contribution is -2.34. The summed E-state index contributed by atoms with van der Waals surface area (Å²) in [4.78, 5) is 49.1. The van der Waals surface area contributed by atoms with E-state index in [-0.39, 0.29) is 19.1 Å². The third-order valence-electron chi connectivity index (χ3n) is 5.16. The third kappa shape index (κ3) is 7.03. The van der Waals surface area contributed by atoms with Crippen LogP contribution in [0.1, 0.15) is 48.8 Å². The maximum absolute atomic E-state index is 13.1. The molecule has 1 aliphatic heterocycles. The molecule has 2 heterocycles. The molecule has 2 aromatic rings. The third-order valence-corrected chi connectivity index (χ3v) is 5.16. The van der Waals surface area contributed by atoms with E-state index in [9.17, 15) is 45.5 Å². The van der Waals surface area contributed by atoms with Crippen LogP contribution in [0.2, 0.25) is 0 Å². The van der Waals surface area contributed by atoms with Gasteiger partial charge in [0.1, 0.15) is 30.6 Å². The molecule has 1 aliphatic rings. The van der Waals surface area contributed by atoms with Gasteiger partial charge in [0.25, 0.3) is 5.56 Å². The first-order valence-electron chi connectivity index (χ1n) is 10.7. The highest BCUT2D eigenvalue weighted by Crippen LogP contribution is 2.36. The molecule has 1 aromatic heterocycles. The number of nitrogens with zero attached hydrogens (tertiary/aromatic N) is 1. The number of benzene rings is 1. The van der Waals surface area contributed by atoms with Crippen molar-refractivity contribution in [1.29, 1.82) is 0 Å². The summed E-state index contributed by atoms with van der Waals surface area (Å²) >= 11 is 0. The number of carbonyl (C=O) groups excluding carboxylic acids is 2. The predicted octanol–water partition coefficient (Wildman–Crippen LogP) is 2.76. The van der Waals surface area contributed by atoms with E-state index in [1.54, 1.807) is 0 Å². The van der Waals surface area contributed by atoms with E-state index in [2.05, 4.69) is 11.8 Å². The van der Waals surface area contributed by atoms with Crippen molar-refractivity contribution in [2.75, 3.05) is 6.61 Å². The van der Waals surface area contributed by atoms with E-state index in [4.69, 9.17) is 14.2 Å². The van der Waals surface area contributed by atoms with Gasteiger partial charge >= 0.3 is 30.0 Å². The van der Waals surface area contributed by atoms with Gasteiger partial charge in [-0.3, -0.25) is 23.9 Å². The van der Waals surface area contributed by atoms with Crippen molar-refractivity contribution in [2.45, 2.75) is 51.1 Å². The molecular formula is C23H18F6N2O7. The second kappa shape index (κ2) is 10.7. The summed E-state index contributed by atoms with van der Waals surface area (Å²) in [5.41, 5.74) is -6.40. The first-order valence-corrected chi connectivity index (χ1v) is 10.7. The van der Waals surface area contributed by atoms with Gasteiger partial charge in [-0.2, -0.15) is 26.3 Å². The van der Waals surface area contributed by atoms with Crippen molar-refractivity contribution >= 4 is 11.9 Å². The molecule has 0 bridgehead atoms. The topological polar surface area (TPSA) is 117 Å². The zero-order valence-electron chi connectivity index (χ0n) is 19.5. The number of rotatable bonds is 4. The second-order valence-corrected chi connectivity index (χ2v) is 8.07. The number of aromatic amines is 1. The predicted molar refractivity (Wildman–Crippen MR) is 114 cm³/mol. The molecule has 204 valence electrons. The number of carbonyl (C=O) groups is 2. The minimum Gasteiger partial charge on any atom is -0.463 e. The van der Waals surface area contributed by atoms with Gasteiger partial charge in [-0.15, -0.1) is 0 Å². The van der Waals surface area contributed by atoms with Gasteiger partial charge in [0, 0.05) is 32.0 Å². The molecule has 0 aliphatic carbocycles. The highest BCUT2D eigenvalue weighted by atomic mass is 19.4. The standard InChI is InChI=1S/C23H18F6N2O7/c1-11(32)36-10-18-17(37-12(2)33)8-19(38-18)31-9-14(20(34)30-21(31)35)4-3-13-5-15(22(24,25)26)7-16(6-13)23(27,28)29/h5-7,9,17-19H,8,10H2,1-2H3,(H,30,34,35)/t17-,18+,19+/m0/s1. The number of aromatic nitrogens is 2. The lowest BCUT2D eigenvalue weighted by molar-refractivity contribution is -0.155. The van der Waals surface area contributed by atoms with Crippen LogP contribution < -0.4 is 11.2 Å². The van der Waals surface area contributed by atoms with E-state index in [1.807, 2.05) is 4.98 Å². The van der Waals surface area contributed by atoms with E-state index < -0.39 is 76.2 Å². The van der Waals surface area contributed by atoms with Crippen LogP contribution in [0.3, 0.4) is 0 Å². The van der Waals surface area contributed by atoms with Crippen LogP contribution in [-0.2, 0) is 36.2 Å². The number of hydrogen-bond donors (Lipinski definition) is 1. The Morgan fingerprint density at radius 2 is 1.63 bits per heavy atom. The molecule has 0 spiro atoms. The molecule has 0 amide bonds. The molecule has 1 N–H and O–H groups in total. The Morgan fingerprint density at radius 3 is 2.16 bits per heavy atom. The highest BCUT2D eigenvalue weighted by Gasteiger charge is 2.40. The molecule has 15 heteroatoms. The van der Waals surface area contributed by atoms with Crippen LogP contribution in [0, 0.1) is 11.8 Å². The van der Waals surface area contributed by atoms with Gasteiger partial charge in [0.15, 0.2) is 0 Å². The maximum Gasteiger partial charge on any atom is 0.416 e. The Hall–Kier alpha value is -4.06. The van der Waals surface area contributed by atoms with E-state index in [0.29, 0.717) is 12.1 Å². The number of halogens is 6. The molecular weight excluding hydrogens is 530 g/mol. The molecule has 3 rings (SSSR count). The van der Waals surface area contributed by atoms with E-state index >= 15 is 0 Å². The van der Waals surface area contributed by atoms with Gasteiger partial charge in [-0.1, -0.05) is 11.8 Å². The molecule has 9 nitrogen and oxygen atoms in total.